The fraction of sp³-hybridized carbons (Fsp3) is 0.0909. The molecule has 0 saturated carbocycles. The molecule has 0 aromatic carbocycles. The third-order valence-corrected chi connectivity index (χ3v) is 2.03. The maximum atomic E-state index is 13.2. The first-order valence-corrected chi connectivity index (χ1v) is 4.80. The maximum absolute atomic E-state index is 13.2. The number of rotatable bonds is 2. The van der Waals surface area contributed by atoms with Crippen molar-refractivity contribution in [2.24, 2.45) is 0 Å². The molecule has 0 N–H and O–H groups in total. The van der Waals surface area contributed by atoms with Gasteiger partial charge in [-0.05, 0) is 13.0 Å². The van der Waals surface area contributed by atoms with Crippen LogP contribution >= 0.6 is 0 Å². The molecule has 3 nitrogen and oxygen atoms in total. The smallest absolute Gasteiger partial charge is 0.255 e. The molecule has 0 saturated heterocycles. The van der Waals surface area contributed by atoms with Gasteiger partial charge >= 0.3 is 0 Å². The second kappa shape index (κ2) is 4.59. The van der Waals surface area contributed by atoms with Crippen LogP contribution in [0, 0.1) is 30.5 Å². The van der Waals surface area contributed by atoms with Gasteiger partial charge in [0.05, 0.1) is 0 Å². The summed E-state index contributed by atoms with van der Waals surface area (Å²) in [6.07, 6.45) is 0. The van der Waals surface area contributed by atoms with Gasteiger partial charge in [-0.25, -0.2) is 4.98 Å². The van der Waals surface area contributed by atoms with Crippen LogP contribution in [0.3, 0.4) is 0 Å². The summed E-state index contributed by atoms with van der Waals surface area (Å²) in [6, 6.07) is 4.43. The van der Waals surface area contributed by atoms with Crippen molar-refractivity contribution in [3.63, 3.8) is 0 Å². The van der Waals surface area contributed by atoms with E-state index in [0.717, 1.165) is 0 Å². The van der Waals surface area contributed by atoms with E-state index in [1.807, 2.05) is 0 Å². The molecular formula is C11H6F4N2O. The van der Waals surface area contributed by atoms with E-state index in [1.165, 1.54) is 12.1 Å². The highest BCUT2D eigenvalue weighted by Crippen LogP contribution is 2.28. The molecule has 0 unspecified atom stereocenters. The Kier molecular flexibility index (Phi) is 3.14. The molecular weight excluding hydrogens is 252 g/mol. The summed E-state index contributed by atoms with van der Waals surface area (Å²) >= 11 is 0. The van der Waals surface area contributed by atoms with Gasteiger partial charge < -0.3 is 4.74 Å². The first-order chi connectivity index (χ1) is 8.49. The van der Waals surface area contributed by atoms with Crippen LogP contribution in [0.25, 0.3) is 0 Å². The minimum absolute atomic E-state index is 0.183. The molecule has 0 atom stereocenters. The van der Waals surface area contributed by atoms with Gasteiger partial charge in [0.2, 0.25) is 23.3 Å². The highest BCUT2D eigenvalue weighted by atomic mass is 19.2. The van der Waals surface area contributed by atoms with Gasteiger partial charge in [0, 0.05) is 11.8 Å². The second-order valence-electron chi connectivity index (χ2n) is 3.37. The fourth-order valence-electron chi connectivity index (χ4n) is 1.24. The number of pyridine rings is 2. The zero-order chi connectivity index (χ0) is 13.3. The predicted molar refractivity (Wildman–Crippen MR) is 53.1 cm³/mol. The molecule has 94 valence electrons. The lowest BCUT2D eigenvalue weighted by atomic mass is 10.3. The van der Waals surface area contributed by atoms with E-state index >= 15 is 0 Å². The summed E-state index contributed by atoms with van der Waals surface area (Å²) in [6.45, 7) is 1.62. The van der Waals surface area contributed by atoms with Crippen molar-refractivity contribution in [3.05, 3.63) is 47.4 Å². The Morgan fingerprint density at radius 2 is 1.56 bits per heavy atom. The van der Waals surface area contributed by atoms with E-state index in [4.69, 9.17) is 4.74 Å². The van der Waals surface area contributed by atoms with Crippen molar-refractivity contribution >= 4 is 0 Å². The number of aryl methyl sites for hydroxylation is 1. The van der Waals surface area contributed by atoms with Crippen molar-refractivity contribution in [2.75, 3.05) is 0 Å². The molecule has 0 aliphatic rings. The van der Waals surface area contributed by atoms with Crippen LogP contribution in [0.15, 0.2) is 18.2 Å². The molecule has 0 aliphatic heterocycles. The number of aromatic nitrogens is 2. The third kappa shape index (κ3) is 2.24. The molecule has 0 radical (unpaired) electrons. The maximum Gasteiger partial charge on any atom is 0.255 e. The fourth-order valence-corrected chi connectivity index (χ4v) is 1.24. The average molecular weight is 258 g/mol. The normalized spacial score (nSPS) is 10.5. The second-order valence-corrected chi connectivity index (χ2v) is 3.37. The topological polar surface area (TPSA) is 35.0 Å². The lowest BCUT2D eigenvalue weighted by Gasteiger charge is -2.07. The summed E-state index contributed by atoms with van der Waals surface area (Å²) in [4.78, 5) is 6.20. The summed E-state index contributed by atoms with van der Waals surface area (Å²) in [5, 5.41) is 0. The van der Waals surface area contributed by atoms with E-state index < -0.39 is 29.3 Å². The van der Waals surface area contributed by atoms with E-state index in [-0.39, 0.29) is 5.88 Å². The van der Waals surface area contributed by atoms with Gasteiger partial charge in [-0.3, -0.25) is 0 Å². The van der Waals surface area contributed by atoms with Crippen LogP contribution in [-0.2, 0) is 0 Å². The Labute approximate surface area is 99.1 Å². The molecule has 0 aliphatic carbocycles. The van der Waals surface area contributed by atoms with Crippen molar-refractivity contribution in [3.8, 4) is 11.6 Å². The van der Waals surface area contributed by atoms with Gasteiger partial charge in [0.1, 0.15) is 0 Å². The number of halogens is 4. The molecule has 0 spiro atoms. The first kappa shape index (κ1) is 12.3. The largest absolute Gasteiger partial charge is 0.432 e. The number of nitrogens with zero attached hydrogens (tertiary/aromatic N) is 2. The van der Waals surface area contributed by atoms with Gasteiger partial charge in [-0.2, -0.15) is 22.5 Å². The van der Waals surface area contributed by atoms with E-state index in [2.05, 4.69) is 9.97 Å². The lowest BCUT2D eigenvalue weighted by Crippen LogP contribution is -2.03. The summed E-state index contributed by atoms with van der Waals surface area (Å²) < 4.78 is 56.8. The Bertz CT molecular complexity index is 578. The minimum atomic E-state index is -1.78. The minimum Gasteiger partial charge on any atom is -0.432 e. The molecule has 2 aromatic rings. The van der Waals surface area contributed by atoms with Gasteiger partial charge in [-0.15, -0.1) is 0 Å². The zero-order valence-corrected chi connectivity index (χ0v) is 9.05. The highest BCUT2D eigenvalue weighted by Gasteiger charge is 2.23. The molecule has 0 bridgehead atoms. The Morgan fingerprint density at radius 3 is 2.11 bits per heavy atom. The Morgan fingerprint density at radius 1 is 0.944 bits per heavy atom. The Hall–Kier alpha value is -2.18. The number of hydrogen-bond acceptors (Lipinski definition) is 3. The van der Waals surface area contributed by atoms with Crippen LogP contribution in [0.2, 0.25) is 0 Å². The van der Waals surface area contributed by atoms with E-state index in [0.29, 0.717) is 5.69 Å². The molecule has 2 heterocycles. The molecule has 2 aromatic heterocycles. The van der Waals surface area contributed by atoms with Crippen molar-refractivity contribution in [1.29, 1.82) is 0 Å². The van der Waals surface area contributed by atoms with Crippen molar-refractivity contribution in [1.82, 2.24) is 9.97 Å². The average Bonchev–Trinajstić information content (AvgIpc) is 2.32. The van der Waals surface area contributed by atoms with Crippen LogP contribution in [0.4, 0.5) is 17.6 Å². The predicted octanol–water partition coefficient (Wildman–Crippen LogP) is 3.13. The SMILES string of the molecule is Cc1cccc(Oc2c(F)c(F)nc(F)c2F)n1. The van der Waals surface area contributed by atoms with Crippen LogP contribution in [0.5, 0.6) is 11.6 Å². The van der Waals surface area contributed by atoms with Crippen molar-refractivity contribution < 1.29 is 22.3 Å². The summed E-state index contributed by atoms with van der Waals surface area (Å²) in [5.74, 6) is -8.38. The standard InChI is InChI=1S/C11H6F4N2O/c1-5-3-2-4-6(16-5)18-9-7(12)10(14)17-11(15)8(9)13/h2-4H,1H3. The van der Waals surface area contributed by atoms with Gasteiger partial charge in [0.25, 0.3) is 11.9 Å². The molecule has 0 fully saturated rings. The van der Waals surface area contributed by atoms with Crippen LogP contribution in [0.1, 0.15) is 5.69 Å². The van der Waals surface area contributed by atoms with E-state index in [1.54, 1.807) is 13.0 Å². The molecule has 0 amide bonds. The summed E-state index contributed by atoms with van der Waals surface area (Å²) in [5.41, 5.74) is 0.517. The number of ether oxygens (including phenoxy) is 1. The molecule has 7 heteroatoms. The highest BCUT2D eigenvalue weighted by molar-refractivity contribution is 5.29. The summed E-state index contributed by atoms with van der Waals surface area (Å²) in [7, 11) is 0. The van der Waals surface area contributed by atoms with E-state index in [9.17, 15) is 17.6 Å². The molecule has 18 heavy (non-hydrogen) atoms. The third-order valence-electron chi connectivity index (χ3n) is 2.03. The lowest BCUT2D eigenvalue weighted by molar-refractivity contribution is 0.337. The number of hydrogen-bond donors (Lipinski definition) is 0. The van der Waals surface area contributed by atoms with Gasteiger partial charge in [-0.1, -0.05) is 6.07 Å². The van der Waals surface area contributed by atoms with Crippen LogP contribution in [-0.4, -0.2) is 9.97 Å². The van der Waals surface area contributed by atoms with Gasteiger partial charge in [0.15, 0.2) is 0 Å². The Balaban J connectivity index is 2.46. The first-order valence-electron chi connectivity index (χ1n) is 4.80. The molecule has 2 rings (SSSR count). The quantitative estimate of drug-likeness (QED) is 0.613. The van der Waals surface area contributed by atoms with Crippen molar-refractivity contribution in [2.45, 2.75) is 6.92 Å². The van der Waals surface area contributed by atoms with Crippen LogP contribution < -0.4 is 4.74 Å². The monoisotopic (exact) mass is 258 g/mol. The zero-order valence-electron chi connectivity index (χ0n) is 9.05.